The molecule has 0 spiro atoms. The first-order valence-electron chi connectivity index (χ1n) is 31.2. The van der Waals surface area contributed by atoms with Crippen LogP contribution in [0.5, 0.6) is 0 Å². The van der Waals surface area contributed by atoms with Crippen LogP contribution in [0.1, 0.15) is 153 Å². The van der Waals surface area contributed by atoms with Gasteiger partial charge in [-0.05, 0) is 135 Å². The highest BCUT2D eigenvalue weighted by molar-refractivity contribution is 6.39. The smallest absolute Gasteiger partial charge is 0.460 e. The molecule has 0 aromatic rings. The zero-order chi connectivity index (χ0) is 64.0. The molecule has 4 saturated heterocycles. The van der Waals surface area contributed by atoms with Crippen molar-refractivity contribution in [2.24, 2.45) is 35.5 Å². The number of piperidine rings is 1. The van der Waals surface area contributed by atoms with Crippen LogP contribution < -0.4 is 0 Å². The van der Waals surface area contributed by atoms with E-state index in [2.05, 4.69) is 0 Å². The van der Waals surface area contributed by atoms with E-state index in [0.29, 0.717) is 63.4 Å². The van der Waals surface area contributed by atoms with E-state index >= 15 is 0 Å². The molecule has 6 rings (SSSR count). The van der Waals surface area contributed by atoms with Crippen LogP contribution in [-0.4, -0.2) is 184 Å². The van der Waals surface area contributed by atoms with Crippen LogP contribution in [0.15, 0.2) is 47.6 Å². The zero-order valence-corrected chi connectivity index (χ0v) is 53.8. The van der Waals surface area contributed by atoms with Crippen molar-refractivity contribution in [3.8, 4) is 0 Å². The Labute approximate surface area is 513 Å². The Balaban J connectivity index is 1.30. The highest BCUT2D eigenvalue weighted by Gasteiger charge is 2.53. The highest BCUT2D eigenvalue weighted by Crippen LogP contribution is 2.39. The van der Waals surface area contributed by atoms with Crippen LogP contribution in [-0.2, 0) is 85.6 Å². The molecule has 0 aromatic carbocycles. The summed E-state index contributed by atoms with van der Waals surface area (Å²) >= 11 is 0. The summed E-state index contributed by atoms with van der Waals surface area (Å²) in [5.41, 5.74) is 1.15. The van der Waals surface area contributed by atoms with Crippen molar-refractivity contribution in [3.63, 3.8) is 0 Å². The summed E-state index contributed by atoms with van der Waals surface area (Å²) in [6.07, 6.45) is 6.27. The molecule has 6 aliphatic rings. The van der Waals surface area contributed by atoms with Gasteiger partial charge in [-0.3, -0.25) is 19.2 Å². The van der Waals surface area contributed by atoms with Gasteiger partial charge in [0, 0.05) is 58.5 Å². The molecule has 0 radical (unpaired) electrons. The minimum Gasteiger partial charge on any atom is -0.460 e. The Hall–Kier alpha value is -4.91. The first kappa shape index (κ1) is 71.2. The Kier molecular flexibility index (Phi) is 26.3. The van der Waals surface area contributed by atoms with Crippen LogP contribution in [0, 0.1) is 35.5 Å². The number of carbonyl (C=O) groups excluding carboxylic acids is 7. The second-order valence-corrected chi connectivity index (χ2v) is 25.8. The lowest BCUT2D eigenvalue weighted by molar-refractivity contribution is -0.265. The maximum absolute atomic E-state index is 14.8. The lowest BCUT2D eigenvalue weighted by atomic mass is 9.78. The lowest BCUT2D eigenvalue weighted by Gasteiger charge is -2.42. The molecule has 1 saturated carbocycles. The quantitative estimate of drug-likeness (QED) is 0.0828. The zero-order valence-electron chi connectivity index (χ0n) is 53.8. The number of amides is 1. The lowest BCUT2D eigenvalue weighted by Crippen LogP contribution is -2.61. The third-order valence-corrected chi connectivity index (χ3v) is 17.8. The van der Waals surface area contributed by atoms with Crippen LogP contribution in [0.4, 0.5) is 9.59 Å². The molecular formula is C65H99NO21. The molecule has 1 aliphatic carbocycles. The molecular weight excluding hydrogens is 1130 g/mol. The van der Waals surface area contributed by atoms with E-state index < -0.39 is 132 Å². The predicted octanol–water partition coefficient (Wildman–Crippen LogP) is 8.81. The van der Waals surface area contributed by atoms with Gasteiger partial charge in [-0.2, -0.15) is 0 Å². The summed E-state index contributed by atoms with van der Waals surface area (Å²) in [7, 11) is 4.44. The van der Waals surface area contributed by atoms with Gasteiger partial charge >= 0.3 is 18.3 Å². The molecule has 4 unspecified atom stereocenters. The molecule has 2 bridgehead atoms. The summed E-state index contributed by atoms with van der Waals surface area (Å²) in [5, 5.41) is 12.1. The molecule has 490 valence electrons. The molecule has 17 atom stereocenters. The maximum atomic E-state index is 14.8. The monoisotopic (exact) mass is 1230 g/mol. The van der Waals surface area contributed by atoms with E-state index in [4.69, 9.17) is 61.6 Å². The summed E-state index contributed by atoms with van der Waals surface area (Å²) in [6, 6.07) is -1.24. The number of hydrogen-bond acceptors (Lipinski definition) is 21. The Bertz CT molecular complexity index is 2490. The van der Waals surface area contributed by atoms with E-state index in [1.54, 1.807) is 68.6 Å². The summed E-state index contributed by atoms with van der Waals surface area (Å²) in [6.45, 7) is 19.7. The number of Topliss-reactive ketones (excluding diaryl/α,β-unsaturated/α-hetero) is 3. The van der Waals surface area contributed by atoms with Gasteiger partial charge in [0.15, 0.2) is 29.6 Å². The third kappa shape index (κ3) is 20.0. The molecule has 5 heterocycles. The number of esters is 1. The van der Waals surface area contributed by atoms with Crippen molar-refractivity contribution in [1.29, 1.82) is 0 Å². The van der Waals surface area contributed by atoms with E-state index in [-0.39, 0.29) is 75.6 Å². The number of cyclic esters (lactones) is 1. The van der Waals surface area contributed by atoms with Crippen LogP contribution in [0.3, 0.4) is 0 Å². The van der Waals surface area contributed by atoms with Crippen molar-refractivity contribution >= 4 is 41.5 Å². The molecule has 5 fully saturated rings. The normalized spacial score (nSPS) is 35.8. The predicted molar refractivity (Wildman–Crippen MR) is 315 cm³/mol. The molecule has 87 heavy (non-hydrogen) atoms. The number of ketones is 3. The first-order valence-corrected chi connectivity index (χ1v) is 31.2. The number of ether oxygens (including phenoxy) is 13. The van der Waals surface area contributed by atoms with Gasteiger partial charge in [0.1, 0.15) is 49.5 Å². The van der Waals surface area contributed by atoms with Gasteiger partial charge in [-0.25, -0.2) is 14.4 Å². The van der Waals surface area contributed by atoms with Crippen molar-refractivity contribution in [2.75, 3.05) is 54.3 Å². The Morgan fingerprint density at radius 1 is 0.724 bits per heavy atom. The van der Waals surface area contributed by atoms with Crippen molar-refractivity contribution in [3.05, 3.63) is 47.6 Å². The molecule has 0 aromatic heterocycles. The minimum atomic E-state index is -2.50. The number of methoxy groups -OCH3 is 3. The first-order chi connectivity index (χ1) is 41.1. The molecule has 5 aliphatic heterocycles. The average Bonchev–Trinajstić information content (AvgIpc) is 1.70. The van der Waals surface area contributed by atoms with E-state index in [1.807, 2.05) is 51.2 Å². The van der Waals surface area contributed by atoms with E-state index in [1.165, 1.54) is 14.2 Å². The Morgan fingerprint density at radius 2 is 1.38 bits per heavy atom. The second kappa shape index (κ2) is 32.2. The highest BCUT2D eigenvalue weighted by atomic mass is 16.8. The maximum Gasteiger partial charge on any atom is 0.509 e. The topological polar surface area (TPSA) is 263 Å². The fourth-order valence-electron chi connectivity index (χ4n) is 12.7. The fourth-order valence-corrected chi connectivity index (χ4v) is 12.7. The van der Waals surface area contributed by atoms with Crippen LogP contribution >= 0.6 is 0 Å². The molecule has 22 heteroatoms. The standard InChI is InChI=1S/C65H99NO21/c1-38-20-16-15-17-21-39(2)52(75-12)32-46-25-23-44(7)65(74,87-46)58(69)59(70)66-27-19-18-22-49(66)60(71)82-53(41(4)30-45-24-26-51(54(31-45)76-13)83-61(72)78-34-47-36-80-63(8,9)85-47)33-50(67)40(3)29-43(6)56(57(77-14)55(68)42(5)28-38)84-62(73)79-35-48-37-81-64(10,11)86-48/h15-17,20-21,29,38,40-42,44-49,51-54,56-57,74H,18-19,22-28,30-37H2,1-14H3/t38-,40-,41-,42-,44-,45+,46?,47?,48?,49?,51-,52+,53+,54-,56-,57+,65-/m1/s1. The molecule has 1 amide bonds. The van der Waals surface area contributed by atoms with Gasteiger partial charge in [-0.15, -0.1) is 0 Å². The third-order valence-electron chi connectivity index (χ3n) is 17.8. The van der Waals surface area contributed by atoms with Gasteiger partial charge in [0.05, 0.1) is 31.5 Å². The van der Waals surface area contributed by atoms with E-state index in [9.17, 15) is 38.7 Å². The van der Waals surface area contributed by atoms with Gasteiger partial charge in [0.2, 0.25) is 5.79 Å². The van der Waals surface area contributed by atoms with Gasteiger partial charge < -0.3 is 71.6 Å². The number of aliphatic hydroxyl groups is 1. The number of nitrogens with zero attached hydrogens (tertiary/aromatic N) is 1. The average molecular weight is 1230 g/mol. The van der Waals surface area contributed by atoms with Crippen molar-refractivity contribution in [1.82, 2.24) is 4.90 Å². The Morgan fingerprint density at radius 3 is 1.99 bits per heavy atom. The SMILES string of the molecule is CO[C@H]1CC2CC[C@@H](C)[C@@](O)(O2)C(=O)C(=O)N2CCCCC2C(=O)O[C@H]([C@H](C)C[C@@H]2CC[C@@H](OC(=O)OCC3COC(C)(C)O3)[C@H](OC)C2)CC(=O)[C@H](C)C=C(C)[C@@H](OC(=O)OCC2COC(C)(C)O2)[C@@H](OC)C(=O)[C@H](C)C[C@H](C)C=CC=CC=C1C. The van der Waals surface area contributed by atoms with Gasteiger partial charge in [0.25, 0.3) is 11.7 Å². The summed E-state index contributed by atoms with van der Waals surface area (Å²) < 4.78 is 75.7. The largest absolute Gasteiger partial charge is 0.509 e. The second-order valence-electron chi connectivity index (χ2n) is 25.8. The number of rotatable bonds is 12. The minimum absolute atomic E-state index is 0.0234. The van der Waals surface area contributed by atoms with Crippen molar-refractivity contribution < 1.29 is 100 Å². The fraction of sp³-hybridized carbons (Fsp3) is 0.769. The van der Waals surface area contributed by atoms with E-state index in [0.717, 1.165) is 10.5 Å². The van der Waals surface area contributed by atoms with Crippen LogP contribution in [0.25, 0.3) is 0 Å². The number of fused-ring (bicyclic) bond motifs is 3. The number of hydrogen-bond donors (Lipinski definition) is 1. The summed E-state index contributed by atoms with van der Waals surface area (Å²) in [4.78, 5) is 101. The molecule has 1 N–H and O–H groups in total. The van der Waals surface area contributed by atoms with Gasteiger partial charge in [-0.1, -0.05) is 71.1 Å². The van der Waals surface area contributed by atoms with Crippen molar-refractivity contribution in [2.45, 2.75) is 232 Å². The number of allylic oxidation sites excluding steroid dienone is 6. The van der Waals surface area contributed by atoms with Crippen LogP contribution in [0.2, 0.25) is 0 Å². The number of carbonyl (C=O) groups is 7. The molecule has 22 nitrogen and oxygen atoms in total. The summed E-state index contributed by atoms with van der Waals surface area (Å²) in [5.74, 6) is -10.9.